The van der Waals surface area contributed by atoms with Gasteiger partial charge in [-0.1, -0.05) is 26.3 Å². The van der Waals surface area contributed by atoms with Crippen molar-refractivity contribution in [2.45, 2.75) is 33.1 Å². The molecule has 0 spiro atoms. The van der Waals surface area contributed by atoms with Crippen LogP contribution in [-0.2, 0) is 9.53 Å². The number of unbranched alkanes of at least 4 members (excludes halogenated alkanes) is 2. The largest absolute Gasteiger partial charge is 0.461 e. The monoisotopic (exact) mass is 280 g/mol. The highest BCUT2D eigenvalue weighted by atomic mass is 35.5. The molecule has 0 unspecified atom stereocenters. The summed E-state index contributed by atoms with van der Waals surface area (Å²) < 4.78 is 4.83. The highest BCUT2D eigenvalue weighted by molar-refractivity contribution is 5.86. The fourth-order valence-electron chi connectivity index (χ4n) is 0.838. The molecule has 0 aliphatic rings. The van der Waals surface area contributed by atoms with Crippen molar-refractivity contribution in [3.63, 3.8) is 0 Å². The van der Waals surface area contributed by atoms with E-state index in [9.17, 15) is 4.79 Å². The van der Waals surface area contributed by atoms with Crippen LogP contribution in [0, 0.1) is 0 Å². The number of ether oxygens (including phenoxy) is 1. The van der Waals surface area contributed by atoms with Crippen LogP contribution in [0.2, 0.25) is 0 Å². The Kier molecular flexibility index (Phi) is 20.6. The predicted octanol–water partition coefficient (Wildman–Crippen LogP) is 2.22. The maximum Gasteiger partial charge on any atom is 0.333 e. The average molecular weight is 281 g/mol. The summed E-state index contributed by atoms with van der Waals surface area (Å²) in [5, 5.41) is 0. The molecule has 0 saturated carbocycles. The molecular weight excluding hydrogens is 252 g/mol. The molecule has 0 atom stereocenters. The Morgan fingerprint density at radius 1 is 1.33 bits per heavy atom. The molecule has 0 aromatic rings. The zero-order valence-corrected chi connectivity index (χ0v) is 13.0. The second-order valence-corrected chi connectivity index (χ2v) is 4.22. The van der Waals surface area contributed by atoms with E-state index in [2.05, 4.69) is 13.5 Å². The van der Waals surface area contributed by atoms with E-state index in [-0.39, 0.29) is 18.4 Å². The van der Waals surface area contributed by atoms with Crippen LogP contribution < -0.4 is 5.73 Å². The molecule has 0 amide bonds. The highest BCUT2D eigenvalue weighted by Gasteiger charge is 2.01. The van der Waals surface area contributed by atoms with Gasteiger partial charge in [-0.05, 0) is 34.0 Å². The normalized spacial score (nSPS) is 9.00. The van der Waals surface area contributed by atoms with Gasteiger partial charge in [-0.15, -0.1) is 12.4 Å². The number of nitrogens with two attached hydrogens (primary N) is 1. The van der Waals surface area contributed by atoms with E-state index in [1.165, 1.54) is 19.3 Å². The highest BCUT2D eigenvalue weighted by Crippen LogP contribution is 1.91. The number of hydrogen-bond acceptors (Lipinski definition) is 4. The summed E-state index contributed by atoms with van der Waals surface area (Å²) in [4.78, 5) is 12.7. The fourth-order valence-corrected chi connectivity index (χ4v) is 0.838. The van der Waals surface area contributed by atoms with Crippen LogP contribution in [0.5, 0.6) is 0 Å². The standard InChI is InChI=1S/C8H15NO2.C5H13N.ClH/c1-7(2)8(10)11-6-5-9(3)4;1-2-3-4-5-6;/h1,5-6H2,2-4H3;2-6H2,1H3;1H. The molecule has 18 heavy (non-hydrogen) atoms. The Morgan fingerprint density at radius 2 is 1.89 bits per heavy atom. The molecule has 0 aromatic carbocycles. The molecule has 2 N–H and O–H groups in total. The van der Waals surface area contributed by atoms with E-state index in [0.717, 1.165) is 13.1 Å². The topological polar surface area (TPSA) is 55.6 Å². The first-order valence-corrected chi connectivity index (χ1v) is 6.13. The number of hydrogen-bond donors (Lipinski definition) is 1. The number of carbonyl (C=O) groups excluding carboxylic acids is 1. The Hall–Kier alpha value is -0.580. The van der Waals surface area contributed by atoms with Crippen LogP contribution in [0.15, 0.2) is 12.2 Å². The molecular formula is C13H29ClN2O2. The lowest BCUT2D eigenvalue weighted by Gasteiger charge is -2.09. The fraction of sp³-hybridized carbons (Fsp3) is 0.769. The molecule has 0 heterocycles. The summed E-state index contributed by atoms with van der Waals surface area (Å²) in [6.45, 7) is 9.31. The van der Waals surface area contributed by atoms with Crippen LogP contribution in [0.1, 0.15) is 33.1 Å². The van der Waals surface area contributed by atoms with Crippen LogP contribution in [0.4, 0.5) is 0 Å². The first-order chi connectivity index (χ1) is 7.95. The minimum atomic E-state index is -0.313. The smallest absolute Gasteiger partial charge is 0.333 e. The average Bonchev–Trinajstić information content (AvgIpc) is 2.26. The SMILES string of the molecule is C=C(C)C(=O)OCCN(C)C.CCCCCN.Cl. The zero-order chi connectivity index (χ0) is 13.7. The Bertz CT molecular complexity index is 205. The van der Waals surface area contributed by atoms with E-state index in [4.69, 9.17) is 10.5 Å². The lowest BCUT2D eigenvalue weighted by Crippen LogP contribution is -2.20. The van der Waals surface area contributed by atoms with Gasteiger partial charge in [0.15, 0.2) is 0 Å². The molecule has 0 rings (SSSR count). The van der Waals surface area contributed by atoms with Crippen molar-refractivity contribution in [2.75, 3.05) is 33.8 Å². The Morgan fingerprint density at radius 3 is 2.17 bits per heavy atom. The minimum Gasteiger partial charge on any atom is -0.461 e. The van der Waals surface area contributed by atoms with Gasteiger partial charge in [0, 0.05) is 12.1 Å². The van der Waals surface area contributed by atoms with E-state index in [1.54, 1.807) is 6.92 Å². The molecule has 0 aromatic heterocycles. The number of carbonyl (C=O) groups is 1. The first-order valence-electron chi connectivity index (χ1n) is 6.13. The Labute approximate surface area is 118 Å². The summed E-state index contributed by atoms with van der Waals surface area (Å²) in [6, 6.07) is 0. The van der Waals surface area contributed by atoms with Crippen LogP contribution in [0.25, 0.3) is 0 Å². The van der Waals surface area contributed by atoms with Gasteiger partial charge in [0.2, 0.25) is 0 Å². The van der Waals surface area contributed by atoms with E-state index in [1.807, 2.05) is 19.0 Å². The van der Waals surface area contributed by atoms with Gasteiger partial charge in [-0.3, -0.25) is 0 Å². The van der Waals surface area contributed by atoms with Gasteiger partial charge in [0.05, 0.1) is 0 Å². The van der Waals surface area contributed by atoms with Crippen molar-refractivity contribution in [1.29, 1.82) is 0 Å². The second kappa shape index (κ2) is 16.4. The lowest BCUT2D eigenvalue weighted by molar-refractivity contribution is -0.139. The van der Waals surface area contributed by atoms with Crippen molar-refractivity contribution in [1.82, 2.24) is 4.90 Å². The van der Waals surface area contributed by atoms with Crippen molar-refractivity contribution in [3.8, 4) is 0 Å². The maximum absolute atomic E-state index is 10.8. The van der Waals surface area contributed by atoms with Gasteiger partial charge in [-0.25, -0.2) is 4.79 Å². The van der Waals surface area contributed by atoms with Crippen LogP contribution in [0.3, 0.4) is 0 Å². The number of nitrogens with zero attached hydrogens (tertiary/aromatic N) is 1. The van der Waals surface area contributed by atoms with Crippen molar-refractivity contribution in [3.05, 3.63) is 12.2 Å². The number of halogens is 1. The molecule has 110 valence electrons. The third kappa shape index (κ3) is 20.8. The second-order valence-electron chi connectivity index (χ2n) is 4.22. The molecule has 4 nitrogen and oxygen atoms in total. The Balaban J connectivity index is -0.000000277. The van der Waals surface area contributed by atoms with Crippen LogP contribution in [-0.4, -0.2) is 44.7 Å². The summed E-state index contributed by atoms with van der Waals surface area (Å²) in [5.41, 5.74) is 5.66. The third-order valence-electron chi connectivity index (χ3n) is 1.93. The molecule has 0 saturated heterocycles. The summed E-state index contributed by atoms with van der Waals surface area (Å²) in [5.74, 6) is -0.313. The van der Waals surface area contributed by atoms with Crippen molar-refractivity contribution < 1.29 is 9.53 Å². The number of esters is 1. The lowest BCUT2D eigenvalue weighted by atomic mass is 10.3. The minimum absolute atomic E-state index is 0. The molecule has 0 aliphatic carbocycles. The molecule has 0 bridgehead atoms. The third-order valence-corrected chi connectivity index (χ3v) is 1.93. The van der Waals surface area contributed by atoms with Crippen molar-refractivity contribution in [2.24, 2.45) is 5.73 Å². The first kappa shape index (κ1) is 22.6. The van der Waals surface area contributed by atoms with E-state index >= 15 is 0 Å². The quantitative estimate of drug-likeness (QED) is 0.441. The van der Waals surface area contributed by atoms with Gasteiger partial charge >= 0.3 is 5.97 Å². The van der Waals surface area contributed by atoms with Gasteiger partial charge in [-0.2, -0.15) is 0 Å². The summed E-state index contributed by atoms with van der Waals surface area (Å²) >= 11 is 0. The predicted molar refractivity (Wildman–Crippen MR) is 80.2 cm³/mol. The zero-order valence-electron chi connectivity index (χ0n) is 12.2. The maximum atomic E-state index is 10.8. The molecule has 0 fully saturated rings. The van der Waals surface area contributed by atoms with Crippen LogP contribution >= 0.6 is 12.4 Å². The van der Waals surface area contributed by atoms with Gasteiger partial charge in [0.1, 0.15) is 6.61 Å². The summed E-state index contributed by atoms with van der Waals surface area (Å²) in [7, 11) is 3.85. The van der Waals surface area contributed by atoms with E-state index < -0.39 is 0 Å². The van der Waals surface area contributed by atoms with Gasteiger partial charge in [0.25, 0.3) is 0 Å². The molecule has 0 aliphatic heterocycles. The summed E-state index contributed by atoms with van der Waals surface area (Å²) in [6.07, 6.45) is 3.75. The van der Waals surface area contributed by atoms with Crippen molar-refractivity contribution >= 4 is 18.4 Å². The molecule has 5 heteroatoms. The molecule has 0 radical (unpaired) electrons. The number of likely N-dealkylation sites (N-methyl/N-ethyl adjacent to an activating group) is 1. The van der Waals surface area contributed by atoms with E-state index in [0.29, 0.717) is 12.2 Å². The van der Waals surface area contributed by atoms with Gasteiger partial charge < -0.3 is 15.4 Å². The number of rotatable bonds is 7.